The molecule has 1 aliphatic rings. The lowest BCUT2D eigenvalue weighted by Crippen LogP contribution is -2.40. The summed E-state index contributed by atoms with van der Waals surface area (Å²) in [4.78, 5) is 8.57. The lowest BCUT2D eigenvalue weighted by atomic mass is 10.2. The topological polar surface area (TPSA) is 85.0 Å². The van der Waals surface area contributed by atoms with Gasteiger partial charge in [0.1, 0.15) is 24.3 Å². The molecule has 0 saturated carbocycles. The summed E-state index contributed by atoms with van der Waals surface area (Å²) >= 11 is 6.09. The maximum Gasteiger partial charge on any atom is 0.226 e. The van der Waals surface area contributed by atoms with Gasteiger partial charge in [0.15, 0.2) is 0 Å². The monoisotopic (exact) mass is 379 g/mol. The molecule has 3 rings (SSSR count). The number of anilines is 1. The highest BCUT2D eigenvalue weighted by atomic mass is 35.5. The molecule has 0 radical (unpaired) electrons. The third-order valence-electron chi connectivity index (χ3n) is 4.02. The number of hydrogen-bond donors (Lipinski definition) is 1. The number of fused-ring (bicyclic) bond motifs is 1. The van der Waals surface area contributed by atoms with Crippen LogP contribution >= 0.6 is 11.6 Å². The van der Waals surface area contributed by atoms with Gasteiger partial charge in [0.2, 0.25) is 5.28 Å². The molecule has 0 bridgehead atoms. The van der Waals surface area contributed by atoms with Crippen molar-refractivity contribution in [2.45, 2.75) is 38.5 Å². The molecule has 2 aromatic rings. The highest BCUT2D eigenvalue weighted by molar-refractivity contribution is 6.76. The van der Waals surface area contributed by atoms with Crippen LogP contribution in [0.15, 0.2) is 6.20 Å². The quantitative estimate of drug-likeness (QED) is 0.452. The molecule has 0 amide bonds. The SMILES string of the molecule is C[Si](C)(C)CCOCn1cc(C#N)c2c(NC3COC3)nc(Cl)nc21. The Morgan fingerprint density at radius 2 is 2.20 bits per heavy atom. The number of ether oxygens (including phenoxy) is 2. The van der Waals surface area contributed by atoms with Gasteiger partial charge in [-0.05, 0) is 17.6 Å². The van der Waals surface area contributed by atoms with Crippen molar-refractivity contribution in [1.29, 1.82) is 5.26 Å². The Kier molecular flexibility index (Phi) is 5.29. The molecule has 2 aromatic heterocycles. The summed E-state index contributed by atoms with van der Waals surface area (Å²) in [5, 5.41) is 13.6. The molecule has 1 aliphatic heterocycles. The first-order chi connectivity index (χ1) is 11.9. The molecule has 0 aromatic carbocycles. The molecule has 3 heterocycles. The molecule has 0 unspecified atom stereocenters. The summed E-state index contributed by atoms with van der Waals surface area (Å²) in [6.07, 6.45) is 1.74. The van der Waals surface area contributed by atoms with Gasteiger partial charge in [0.25, 0.3) is 0 Å². The van der Waals surface area contributed by atoms with E-state index in [1.54, 1.807) is 6.20 Å². The second-order valence-corrected chi connectivity index (χ2v) is 13.4. The van der Waals surface area contributed by atoms with E-state index in [4.69, 9.17) is 21.1 Å². The van der Waals surface area contributed by atoms with E-state index in [0.717, 1.165) is 6.04 Å². The van der Waals surface area contributed by atoms with Gasteiger partial charge in [-0.2, -0.15) is 15.2 Å². The minimum atomic E-state index is -1.14. The first kappa shape index (κ1) is 18.1. The van der Waals surface area contributed by atoms with Gasteiger partial charge in [0.05, 0.1) is 30.2 Å². The van der Waals surface area contributed by atoms with E-state index in [1.165, 1.54) is 0 Å². The first-order valence-corrected chi connectivity index (χ1v) is 12.3. The molecule has 1 N–H and O–H groups in total. The lowest BCUT2D eigenvalue weighted by Gasteiger charge is -2.27. The van der Waals surface area contributed by atoms with Crippen LogP contribution < -0.4 is 5.32 Å². The fraction of sp³-hybridized carbons (Fsp3) is 0.562. The van der Waals surface area contributed by atoms with Crippen molar-refractivity contribution in [2.75, 3.05) is 25.1 Å². The van der Waals surface area contributed by atoms with Gasteiger partial charge in [-0.15, -0.1) is 0 Å². The molecule has 0 atom stereocenters. The van der Waals surface area contributed by atoms with Gasteiger partial charge in [-0.1, -0.05) is 19.6 Å². The van der Waals surface area contributed by atoms with Crippen LogP contribution in [0.25, 0.3) is 11.0 Å². The maximum absolute atomic E-state index is 9.49. The highest BCUT2D eigenvalue weighted by Gasteiger charge is 2.23. The van der Waals surface area contributed by atoms with Crippen LogP contribution in [0.2, 0.25) is 31.0 Å². The molecule has 0 spiro atoms. The summed E-state index contributed by atoms with van der Waals surface area (Å²) in [6, 6.07) is 3.47. The largest absolute Gasteiger partial charge is 0.377 e. The molecule has 134 valence electrons. The van der Waals surface area contributed by atoms with Crippen LogP contribution in [0.4, 0.5) is 5.82 Å². The first-order valence-electron chi connectivity index (χ1n) is 8.26. The molecular formula is C16H22ClN5O2Si. The van der Waals surface area contributed by atoms with Gasteiger partial charge >= 0.3 is 0 Å². The fourth-order valence-corrected chi connectivity index (χ4v) is 3.42. The van der Waals surface area contributed by atoms with Crippen molar-refractivity contribution in [3.8, 4) is 6.07 Å². The van der Waals surface area contributed by atoms with E-state index in [-0.39, 0.29) is 11.3 Å². The fourth-order valence-electron chi connectivity index (χ4n) is 2.50. The molecule has 7 nitrogen and oxygen atoms in total. The number of nitrogens with zero attached hydrogens (tertiary/aromatic N) is 4. The van der Waals surface area contributed by atoms with Gasteiger partial charge in [-0.25, -0.2) is 0 Å². The number of aromatic nitrogens is 3. The summed E-state index contributed by atoms with van der Waals surface area (Å²) < 4.78 is 12.8. The molecule has 0 aliphatic carbocycles. The maximum atomic E-state index is 9.49. The van der Waals surface area contributed by atoms with Crippen LogP contribution in [0.3, 0.4) is 0 Å². The van der Waals surface area contributed by atoms with Crippen molar-refractivity contribution >= 4 is 36.5 Å². The Labute approximate surface area is 152 Å². The summed E-state index contributed by atoms with van der Waals surface area (Å²) in [7, 11) is -1.14. The Balaban J connectivity index is 1.85. The zero-order chi connectivity index (χ0) is 18.0. The zero-order valence-corrected chi connectivity index (χ0v) is 16.4. The van der Waals surface area contributed by atoms with Gasteiger partial charge in [-0.3, -0.25) is 0 Å². The van der Waals surface area contributed by atoms with E-state index in [9.17, 15) is 5.26 Å². The van der Waals surface area contributed by atoms with Crippen LogP contribution in [0.5, 0.6) is 0 Å². The molecule has 9 heteroatoms. The average molecular weight is 380 g/mol. The summed E-state index contributed by atoms with van der Waals surface area (Å²) in [5.74, 6) is 0.570. The number of hydrogen-bond acceptors (Lipinski definition) is 6. The zero-order valence-electron chi connectivity index (χ0n) is 14.7. The average Bonchev–Trinajstić information content (AvgIpc) is 2.84. The van der Waals surface area contributed by atoms with Crippen molar-refractivity contribution < 1.29 is 9.47 Å². The van der Waals surface area contributed by atoms with Gasteiger partial charge < -0.3 is 19.4 Å². The van der Waals surface area contributed by atoms with Crippen LogP contribution in [-0.2, 0) is 16.2 Å². The standard InChI is InChI=1S/C16H22ClN5O2Si/c1-25(2,3)5-4-23-10-22-7-11(6-18)13-14(19-12-8-24-9-12)20-16(17)21-15(13)22/h7,12H,4-5,8-10H2,1-3H3,(H,19,20,21). The third-order valence-corrected chi connectivity index (χ3v) is 5.89. The predicted octanol–water partition coefficient (Wildman–Crippen LogP) is 3.08. The van der Waals surface area contributed by atoms with E-state index in [2.05, 4.69) is 41.0 Å². The second kappa shape index (κ2) is 7.29. The Morgan fingerprint density at radius 3 is 2.80 bits per heavy atom. The summed E-state index contributed by atoms with van der Waals surface area (Å²) in [6.45, 7) is 9.19. The molecule has 25 heavy (non-hydrogen) atoms. The molecule has 1 fully saturated rings. The smallest absolute Gasteiger partial charge is 0.226 e. The van der Waals surface area contributed by atoms with E-state index in [0.29, 0.717) is 49.0 Å². The minimum Gasteiger partial charge on any atom is -0.377 e. The minimum absolute atomic E-state index is 0.140. The predicted molar refractivity (Wildman–Crippen MR) is 99.6 cm³/mol. The highest BCUT2D eigenvalue weighted by Crippen LogP contribution is 2.28. The van der Waals surface area contributed by atoms with E-state index in [1.807, 2.05) is 4.57 Å². The Bertz CT molecular complexity index is 807. The van der Waals surface area contributed by atoms with E-state index >= 15 is 0 Å². The van der Waals surface area contributed by atoms with E-state index < -0.39 is 8.07 Å². The Hall–Kier alpha value is -1.66. The van der Waals surface area contributed by atoms with Crippen molar-refractivity contribution in [1.82, 2.24) is 14.5 Å². The van der Waals surface area contributed by atoms with Crippen molar-refractivity contribution in [3.05, 3.63) is 17.0 Å². The van der Waals surface area contributed by atoms with Crippen LogP contribution in [0.1, 0.15) is 5.56 Å². The Morgan fingerprint density at radius 1 is 1.44 bits per heavy atom. The second-order valence-electron chi connectivity index (χ2n) is 7.39. The van der Waals surface area contributed by atoms with Crippen molar-refractivity contribution in [2.24, 2.45) is 0 Å². The summed E-state index contributed by atoms with van der Waals surface area (Å²) in [5.41, 5.74) is 1.11. The van der Waals surface area contributed by atoms with Crippen LogP contribution in [0, 0.1) is 11.3 Å². The van der Waals surface area contributed by atoms with Gasteiger partial charge in [0, 0.05) is 20.9 Å². The van der Waals surface area contributed by atoms with Crippen LogP contribution in [-0.4, -0.2) is 48.5 Å². The molecular weight excluding hydrogens is 358 g/mol. The molecule has 1 saturated heterocycles. The van der Waals surface area contributed by atoms with Crippen molar-refractivity contribution in [3.63, 3.8) is 0 Å². The lowest BCUT2D eigenvalue weighted by molar-refractivity contribution is 0.0210. The third kappa shape index (κ3) is 4.30. The normalized spacial score (nSPS) is 15.2. The number of nitriles is 1. The number of halogens is 1. The number of rotatable bonds is 7. The number of nitrogens with one attached hydrogen (secondary N) is 1.